The van der Waals surface area contributed by atoms with Gasteiger partial charge in [-0.2, -0.15) is 0 Å². The molecular weight excluding hydrogens is 986 g/mol. The van der Waals surface area contributed by atoms with Crippen molar-refractivity contribution in [2.24, 2.45) is 0 Å². The number of hydrogen-bond acceptors (Lipinski definition) is 10. The van der Waals surface area contributed by atoms with Crippen LogP contribution in [0.4, 0.5) is 0 Å². The minimum atomic E-state index is 0. The molecule has 2 N–H and O–H groups in total. The minimum Gasteiger partial charge on any atom is -0.354 e. The number of H-pyrrole nitrogens is 2. The summed E-state index contributed by atoms with van der Waals surface area (Å²) in [7, 11) is 0. The zero-order chi connectivity index (χ0) is 47.3. The Kier molecular flexibility index (Phi) is 16.0. The molecule has 8 nitrogen and oxygen atoms in total. The van der Waals surface area contributed by atoms with E-state index in [1.807, 2.05) is 48.5 Å². The monoisotopic (exact) mass is 1030 g/mol. The van der Waals surface area contributed by atoms with Gasteiger partial charge in [0.15, 0.2) is 20.5 Å². The Bertz CT molecular complexity index is 2970. The van der Waals surface area contributed by atoms with E-state index in [0.717, 1.165) is 112 Å². The van der Waals surface area contributed by atoms with Gasteiger partial charge in [-0.25, -0.2) is 9.97 Å². The van der Waals surface area contributed by atoms with Gasteiger partial charge in [0.2, 0.25) is 0 Å². The van der Waals surface area contributed by atoms with Gasteiger partial charge in [0.1, 0.15) is 0 Å². The molecular formula is C56H46N4O4S4Zn. The summed E-state index contributed by atoms with van der Waals surface area (Å²) < 4.78 is 0. The molecule has 0 saturated heterocycles. The Labute approximate surface area is 430 Å². The number of thioether (sulfide) groups is 4. The van der Waals surface area contributed by atoms with Crippen molar-refractivity contribution in [1.82, 2.24) is 19.9 Å². The van der Waals surface area contributed by atoms with Gasteiger partial charge in [0, 0.05) is 115 Å². The van der Waals surface area contributed by atoms with Crippen molar-refractivity contribution in [3.05, 3.63) is 166 Å². The maximum absolute atomic E-state index is 12.1. The van der Waals surface area contributed by atoms with Gasteiger partial charge in [-0.05, 0) is 93.1 Å². The Morgan fingerprint density at radius 1 is 0.377 bits per heavy atom. The van der Waals surface area contributed by atoms with Crippen LogP contribution < -0.4 is 0 Å². The van der Waals surface area contributed by atoms with Crippen molar-refractivity contribution < 1.29 is 38.7 Å². The van der Waals surface area contributed by atoms with Crippen LogP contribution >= 0.6 is 47.0 Å². The number of aromatic amines is 2. The molecule has 0 atom stereocenters. The molecule has 69 heavy (non-hydrogen) atoms. The molecule has 8 bridgehead atoms. The molecule has 2 aliphatic rings. The first-order chi connectivity index (χ1) is 32.9. The summed E-state index contributed by atoms with van der Waals surface area (Å²) in [5.41, 5.74) is 17.8. The number of nitrogens with one attached hydrogen (secondary N) is 2. The number of nitrogens with zero attached hydrogens (tertiary/aromatic N) is 2. The average Bonchev–Trinajstić information content (AvgIpc) is 4.18. The second kappa shape index (κ2) is 22.3. The number of carbonyl (C=O) groups excluding carboxylic acids is 4. The molecule has 13 heteroatoms. The van der Waals surface area contributed by atoms with Crippen molar-refractivity contribution in [2.45, 2.75) is 50.7 Å². The molecule has 5 heterocycles. The first-order valence-corrected chi connectivity index (χ1v) is 26.0. The minimum absolute atomic E-state index is 0. The van der Waals surface area contributed by atoms with E-state index in [0.29, 0.717) is 23.0 Å². The summed E-state index contributed by atoms with van der Waals surface area (Å²) in [5.74, 6) is 2.16. The third kappa shape index (κ3) is 11.8. The van der Waals surface area contributed by atoms with Crippen molar-refractivity contribution in [1.29, 1.82) is 0 Å². The second-order valence-electron chi connectivity index (χ2n) is 16.4. The van der Waals surface area contributed by atoms with E-state index in [1.165, 1.54) is 47.0 Å². The Morgan fingerprint density at radius 3 is 0.826 bits per heavy atom. The molecule has 0 amide bonds. The van der Waals surface area contributed by atoms with E-state index < -0.39 is 0 Å². The fourth-order valence-electron chi connectivity index (χ4n) is 8.43. The molecule has 4 aromatic carbocycles. The number of aromatic nitrogens is 4. The SMILES string of the molecule is CC(=O)SCc1cccc(-c2c3nc(c(-c4cccc(CSC(C)=O)c4)c4ccc([nH]4)c(-c4cccc(CSC(C)=O)c4)c4nc(c(-c5cccc(CSC(C)=O)c5)c5ccc2[nH]5)C=C4)C=C3)c1.[Zn]. The number of hydrogen-bond donors (Lipinski definition) is 2. The van der Waals surface area contributed by atoms with E-state index in [1.54, 1.807) is 27.7 Å². The molecule has 0 aliphatic carbocycles. The van der Waals surface area contributed by atoms with Crippen LogP contribution in [0.25, 0.3) is 90.9 Å². The summed E-state index contributed by atoms with van der Waals surface area (Å²) in [5, 5.41) is 0.229. The van der Waals surface area contributed by atoms with Gasteiger partial charge in [-0.3, -0.25) is 19.2 Å². The van der Waals surface area contributed by atoms with E-state index in [9.17, 15) is 19.2 Å². The van der Waals surface area contributed by atoms with Crippen LogP contribution in [0, 0.1) is 0 Å². The third-order valence-electron chi connectivity index (χ3n) is 11.4. The first kappa shape index (κ1) is 49.6. The quantitative estimate of drug-likeness (QED) is 0.114. The number of rotatable bonds is 12. The van der Waals surface area contributed by atoms with Crippen molar-refractivity contribution >= 4 is 114 Å². The van der Waals surface area contributed by atoms with Gasteiger partial charge in [0.25, 0.3) is 0 Å². The molecule has 2 aliphatic heterocycles. The summed E-state index contributed by atoms with van der Waals surface area (Å²) >= 11 is 5.12. The van der Waals surface area contributed by atoms with Crippen LogP contribution in [-0.4, -0.2) is 40.4 Å². The summed E-state index contributed by atoms with van der Waals surface area (Å²) in [6, 6.07) is 41.5. The maximum atomic E-state index is 12.1. The number of carbonyl (C=O) groups is 4. The van der Waals surface area contributed by atoms with Gasteiger partial charge >= 0.3 is 0 Å². The van der Waals surface area contributed by atoms with Crippen molar-refractivity contribution in [2.75, 3.05) is 0 Å². The van der Waals surface area contributed by atoms with E-state index in [2.05, 4.69) is 107 Å². The molecule has 340 valence electrons. The summed E-state index contributed by atoms with van der Waals surface area (Å²) in [6.07, 6.45) is 8.25. The van der Waals surface area contributed by atoms with E-state index in [-0.39, 0.29) is 39.9 Å². The van der Waals surface area contributed by atoms with Crippen LogP contribution in [0.2, 0.25) is 0 Å². The van der Waals surface area contributed by atoms with Crippen LogP contribution in [0.1, 0.15) is 72.7 Å². The standard InChI is InChI=1S/C56H46N4O4S4.Zn/c1-33(61)65-29-37-9-5-13-41(25-37)53-45-17-19-47(57-45)54(42-14-6-10-38(26-42)30-66-34(2)62)49-21-23-51(59-49)56(44-16-8-12-40(28-44)32-68-36(4)64)52-24-22-50(60-52)55(48-20-18-46(53)58-48)43-15-7-11-39(27-43)31-67-35(3)63;/h5-28,57,60H,29-32H2,1-4H3;. The van der Waals surface area contributed by atoms with Gasteiger partial charge < -0.3 is 9.97 Å². The average molecular weight is 1030 g/mol. The second-order valence-corrected chi connectivity index (χ2v) is 21.0. The fourth-order valence-corrected chi connectivity index (χ4v) is 10.6. The third-order valence-corrected chi connectivity index (χ3v) is 14.9. The molecule has 3 aromatic heterocycles. The summed E-state index contributed by atoms with van der Waals surface area (Å²) in [4.78, 5) is 66.9. The van der Waals surface area contributed by atoms with Gasteiger partial charge in [-0.15, -0.1) is 0 Å². The van der Waals surface area contributed by atoms with Crippen molar-refractivity contribution in [3.63, 3.8) is 0 Å². The predicted molar refractivity (Wildman–Crippen MR) is 289 cm³/mol. The maximum Gasteiger partial charge on any atom is 0.186 e. The molecule has 0 fully saturated rings. The largest absolute Gasteiger partial charge is 0.354 e. The predicted octanol–water partition coefficient (Wildman–Crippen LogP) is 14.4. The van der Waals surface area contributed by atoms with E-state index in [4.69, 9.17) is 9.97 Å². The Balaban J connectivity index is 0.00000642. The molecule has 7 aromatic rings. The van der Waals surface area contributed by atoms with Crippen LogP contribution in [-0.2, 0) is 61.7 Å². The molecule has 0 saturated carbocycles. The van der Waals surface area contributed by atoms with E-state index >= 15 is 0 Å². The smallest absolute Gasteiger partial charge is 0.186 e. The summed E-state index contributed by atoms with van der Waals surface area (Å²) in [6.45, 7) is 6.35. The number of benzene rings is 4. The first-order valence-electron chi connectivity index (χ1n) is 22.0. The van der Waals surface area contributed by atoms with Gasteiger partial charge in [-0.1, -0.05) is 144 Å². The molecule has 0 unspecified atom stereocenters. The van der Waals surface area contributed by atoms with Crippen LogP contribution in [0.5, 0.6) is 0 Å². The molecule has 0 spiro atoms. The number of fused-ring (bicyclic) bond motifs is 8. The Morgan fingerprint density at radius 2 is 0.609 bits per heavy atom. The topological polar surface area (TPSA) is 126 Å². The van der Waals surface area contributed by atoms with Crippen molar-refractivity contribution in [3.8, 4) is 44.5 Å². The zero-order valence-corrected chi connectivity index (χ0v) is 44.8. The normalized spacial score (nSPS) is 11.7. The zero-order valence-electron chi connectivity index (χ0n) is 38.6. The molecule has 0 radical (unpaired) electrons. The Hall–Kier alpha value is -5.82. The molecule has 9 rings (SSSR count). The van der Waals surface area contributed by atoms with Gasteiger partial charge in [0.05, 0.1) is 22.8 Å². The van der Waals surface area contributed by atoms with Crippen LogP contribution in [0.3, 0.4) is 0 Å². The van der Waals surface area contributed by atoms with Crippen LogP contribution in [0.15, 0.2) is 121 Å². The fraction of sp³-hybridized carbons (Fsp3) is 0.143.